The van der Waals surface area contributed by atoms with E-state index in [0.29, 0.717) is 5.76 Å². The molecule has 0 unspecified atom stereocenters. The van der Waals surface area contributed by atoms with E-state index in [1.165, 1.54) is 6.42 Å². The summed E-state index contributed by atoms with van der Waals surface area (Å²) in [5.74, 6) is 4.07. The number of hydrogen-bond acceptors (Lipinski definition) is 3. The molecular formula is C11H16O2S. The highest BCUT2D eigenvalue weighted by atomic mass is 32.2. The minimum atomic E-state index is 0.421. The molecule has 78 valence electrons. The Hall–Kier alpha value is -0.700. The van der Waals surface area contributed by atoms with Crippen molar-refractivity contribution in [1.82, 2.24) is 0 Å². The molecule has 0 saturated heterocycles. The molecule has 1 aromatic rings. The fourth-order valence-corrected chi connectivity index (χ4v) is 2.17. The van der Waals surface area contributed by atoms with E-state index in [-0.39, 0.29) is 0 Å². The van der Waals surface area contributed by atoms with E-state index < -0.39 is 0 Å². The Morgan fingerprint density at radius 3 is 2.86 bits per heavy atom. The van der Waals surface area contributed by atoms with Crippen molar-refractivity contribution in [1.29, 1.82) is 0 Å². The first-order valence-electron chi connectivity index (χ1n) is 4.84. The highest BCUT2D eigenvalue weighted by Gasteiger charge is 2.01. The van der Waals surface area contributed by atoms with Crippen LogP contribution in [0.5, 0.6) is 0 Å². The maximum Gasteiger partial charge on any atom is 0.185 e. The molecule has 2 nitrogen and oxygen atoms in total. The summed E-state index contributed by atoms with van der Waals surface area (Å²) in [5.41, 5.74) is 0. The zero-order valence-electron chi connectivity index (χ0n) is 8.66. The van der Waals surface area contributed by atoms with Crippen LogP contribution in [-0.2, 0) is 5.75 Å². The van der Waals surface area contributed by atoms with Crippen LogP contribution in [0.4, 0.5) is 0 Å². The Kier molecular flexibility index (Phi) is 4.80. The van der Waals surface area contributed by atoms with Crippen LogP contribution in [0.25, 0.3) is 0 Å². The second-order valence-corrected chi connectivity index (χ2v) is 4.76. The van der Waals surface area contributed by atoms with Gasteiger partial charge in [0, 0.05) is 0 Å². The van der Waals surface area contributed by atoms with Crippen LogP contribution in [0.3, 0.4) is 0 Å². The van der Waals surface area contributed by atoms with Gasteiger partial charge in [0.05, 0.1) is 5.75 Å². The van der Waals surface area contributed by atoms with Gasteiger partial charge in [0.15, 0.2) is 12.0 Å². The molecule has 0 saturated carbocycles. The average Bonchev–Trinajstić information content (AvgIpc) is 2.60. The second-order valence-electron chi connectivity index (χ2n) is 3.66. The van der Waals surface area contributed by atoms with Gasteiger partial charge >= 0.3 is 0 Å². The molecule has 0 bridgehead atoms. The molecule has 0 aliphatic heterocycles. The van der Waals surface area contributed by atoms with E-state index >= 15 is 0 Å². The van der Waals surface area contributed by atoms with Gasteiger partial charge in [0.25, 0.3) is 0 Å². The van der Waals surface area contributed by atoms with Gasteiger partial charge in [-0.3, -0.25) is 4.79 Å². The fourth-order valence-electron chi connectivity index (χ4n) is 1.03. The van der Waals surface area contributed by atoms with Gasteiger partial charge < -0.3 is 4.42 Å². The number of carbonyl (C=O) groups is 1. The molecule has 0 atom stereocenters. The molecule has 0 radical (unpaired) electrons. The van der Waals surface area contributed by atoms with Crippen LogP contribution in [0.2, 0.25) is 0 Å². The summed E-state index contributed by atoms with van der Waals surface area (Å²) in [6.07, 6.45) is 1.97. The lowest BCUT2D eigenvalue weighted by molar-refractivity contribution is 0.109. The second kappa shape index (κ2) is 5.91. The number of furan rings is 1. The van der Waals surface area contributed by atoms with Gasteiger partial charge in [-0.05, 0) is 30.2 Å². The molecule has 1 heterocycles. The number of aldehydes is 1. The molecule has 0 amide bonds. The van der Waals surface area contributed by atoms with E-state index in [1.807, 2.05) is 17.8 Å². The Bertz CT molecular complexity index is 279. The Labute approximate surface area is 89.1 Å². The molecular weight excluding hydrogens is 196 g/mol. The quantitative estimate of drug-likeness (QED) is 0.535. The minimum absolute atomic E-state index is 0.421. The third-order valence-corrected chi connectivity index (χ3v) is 2.90. The van der Waals surface area contributed by atoms with Crippen LogP contribution in [0.15, 0.2) is 16.5 Å². The van der Waals surface area contributed by atoms with Crippen molar-refractivity contribution in [2.45, 2.75) is 26.0 Å². The summed E-state index contributed by atoms with van der Waals surface area (Å²) in [6.45, 7) is 4.44. The van der Waals surface area contributed by atoms with E-state index in [9.17, 15) is 4.79 Å². The summed E-state index contributed by atoms with van der Waals surface area (Å²) < 4.78 is 5.25. The van der Waals surface area contributed by atoms with Crippen LogP contribution in [0.1, 0.15) is 36.6 Å². The Balaban J connectivity index is 2.21. The maximum atomic E-state index is 10.3. The summed E-state index contributed by atoms with van der Waals surface area (Å²) in [4.78, 5) is 10.3. The van der Waals surface area contributed by atoms with Gasteiger partial charge in [-0.2, -0.15) is 11.8 Å². The minimum Gasteiger partial charge on any atom is -0.457 e. The molecule has 1 rings (SSSR count). The van der Waals surface area contributed by atoms with Crippen molar-refractivity contribution >= 4 is 18.0 Å². The van der Waals surface area contributed by atoms with Crippen LogP contribution < -0.4 is 0 Å². The van der Waals surface area contributed by atoms with Gasteiger partial charge in [0.2, 0.25) is 0 Å². The first-order chi connectivity index (χ1) is 6.72. The molecule has 0 aliphatic carbocycles. The Morgan fingerprint density at radius 1 is 1.50 bits per heavy atom. The third kappa shape index (κ3) is 4.01. The monoisotopic (exact) mass is 212 g/mol. The van der Waals surface area contributed by atoms with Crippen LogP contribution in [0, 0.1) is 5.92 Å². The molecule has 1 aromatic heterocycles. The molecule has 0 aromatic carbocycles. The molecule has 0 N–H and O–H groups in total. The zero-order chi connectivity index (χ0) is 10.4. The maximum absolute atomic E-state index is 10.3. The standard InChI is InChI=1S/C11H16O2S/c1-9(2)5-6-14-8-11-4-3-10(7-12)13-11/h3-4,7,9H,5-6,8H2,1-2H3. The van der Waals surface area contributed by atoms with Crippen molar-refractivity contribution in [3.05, 3.63) is 23.7 Å². The molecule has 0 aliphatic rings. The predicted molar refractivity (Wildman–Crippen MR) is 59.7 cm³/mol. The topological polar surface area (TPSA) is 30.2 Å². The van der Waals surface area contributed by atoms with Crippen LogP contribution in [-0.4, -0.2) is 12.0 Å². The van der Waals surface area contributed by atoms with Gasteiger partial charge in [-0.25, -0.2) is 0 Å². The summed E-state index contributed by atoms with van der Waals surface area (Å²) in [6, 6.07) is 3.58. The lowest BCUT2D eigenvalue weighted by Gasteiger charge is -2.02. The van der Waals surface area contributed by atoms with Crippen molar-refractivity contribution in [3.63, 3.8) is 0 Å². The molecule has 14 heavy (non-hydrogen) atoms. The molecule has 0 spiro atoms. The van der Waals surface area contributed by atoms with E-state index in [0.717, 1.165) is 29.5 Å². The first-order valence-corrected chi connectivity index (χ1v) is 5.99. The summed E-state index contributed by atoms with van der Waals surface area (Å²) in [5, 5.41) is 0. The number of rotatable bonds is 6. The van der Waals surface area contributed by atoms with Gasteiger partial charge in [0.1, 0.15) is 5.76 Å². The average molecular weight is 212 g/mol. The SMILES string of the molecule is CC(C)CCSCc1ccc(C=O)o1. The van der Waals surface area contributed by atoms with Crippen molar-refractivity contribution in [2.75, 3.05) is 5.75 Å². The predicted octanol–water partition coefficient (Wildman–Crippen LogP) is 3.37. The lowest BCUT2D eigenvalue weighted by Crippen LogP contribution is -1.89. The molecule has 3 heteroatoms. The van der Waals surface area contributed by atoms with E-state index in [1.54, 1.807) is 6.07 Å². The van der Waals surface area contributed by atoms with Crippen molar-refractivity contribution in [2.24, 2.45) is 5.92 Å². The zero-order valence-corrected chi connectivity index (χ0v) is 9.47. The van der Waals surface area contributed by atoms with Crippen molar-refractivity contribution < 1.29 is 9.21 Å². The summed E-state index contributed by atoms with van der Waals surface area (Å²) in [7, 11) is 0. The largest absolute Gasteiger partial charge is 0.457 e. The van der Waals surface area contributed by atoms with Gasteiger partial charge in [-0.1, -0.05) is 13.8 Å². The normalized spacial score (nSPS) is 10.8. The highest BCUT2D eigenvalue weighted by Crippen LogP contribution is 2.16. The third-order valence-electron chi connectivity index (χ3n) is 1.88. The number of thioether (sulfide) groups is 1. The molecule has 0 fully saturated rings. The van der Waals surface area contributed by atoms with E-state index in [4.69, 9.17) is 4.42 Å². The fraction of sp³-hybridized carbons (Fsp3) is 0.545. The van der Waals surface area contributed by atoms with Gasteiger partial charge in [-0.15, -0.1) is 0 Å². The van der Waals surface area contributed by atoms with Crippen LogP contribution >= 0.6 is 11.8 Å². The summed E-state index contributed by atoms with van der Waals surface area (Å²) >= 11 is 1.85. The lowest BCUT2D eigenvalue weighted by atomic mass is 10.2. The Morgan fingerprint density at radius 2 is 2.29 bits per heavy atom. The number of hydrogen-bond donors (Lipinski definition) is 0. The number of carbonyl (C=O) groups excluding carboxylic acids is 1. The van der Waals surface area contributed by atoms with Crippen molar-refractivity contribution in [3.8, 4) is 0 Å². The first kappa shape index (κ1) is 11.4. The highest BCUT2D eigenvalue weighted by molar-refractivity contribution is 7.98. The smallest absolute Gasteiger partial charge is 0.185 e. The van der Waals surface area contributed by atoms with E-state index in [2.05, 4.69) is 13.8 Å².